The van der Waals surface area contributed by atoms with E-state index < -0.39 is 17.0 Å². The fourth-order valence-electron chi connectivity index (χ4n) is 2.37. The normalized spacial score (nSPS) is 17.2. The Hall–Kier alpha value is -3.02. The quantitative estimate of drug-likeness (QED) is 0.626. The van der Waals surface area contributed by atoms with Crippen molar-refractivity contribution in [3.63, 3.8) is 0 Å². The predicted molar refractivity (Wildman–Crippen MR) is 77.7 cm³/mol. The SMILES string of the molecule is O=C1C=NC(c2ccccc2)c2ccccc2N1[N+](=O)[O-]. The van der Waals surface area contributed by atoms with Gasteiger partial charge in [0.2, 0.25) is 0 Å². The summed E-state index contributed by atoms with van der Waals surface area (Å²) in [7, 11) is 0. The van der Waals surface area contributed by atoms with Gasteiger partial charge in [-0.1, -0.05) is 48.5 Å². The van der Waals surface area contributed by atoms with Gasteiger partial charge >= 0.3 is 5.91 Å². The van der Waals surface area contributed by atoms with Gasteiger partial charge in [0.25, 0.3) is 0 Å². The van der Waals surface area contributed by atoms with Crippen LogP contribution in [-0.2, 0) is 4.79 Å². The van der Waals surface area contributed by atoms with E-state index in [1.54, 1.807) is 24.3 Å². The van der Waals surface area contributed by atoms with E-state index in [9.17, 15) is 14.9 Å². The summed E-state index contributed by atoms with van der Waals surface area (Å²) in [6.45, 7) is 0. The Labute approximate surface area is 120 Å². The molecule has 1 aliphatic rings. The van der Waals surface area contributed by atoms with Crippen LogP contribution < -0.4 is 5.01 Å². The number of carbonyl (C=O) groups is 1. The molecule has 0 bridgehead atoms. The molecule has 0 aliphatic carbocycles. The Balaban J connectivity index is 2.20. The van der Waals surface area contributed by atoms with Gasteiger partial charge < -0.3 is 0 Å². The Kier molecular flexibility index (Phi) is 3.19. The third kappa shape index (κ3) is 2.27. The number of carbonyl (C=O) groups excluding carboxylic acids is 1. The lowest BCUT2D eigenvalue weighted by molar-refractivity contribution is -0.482. The van der Waals surface area contributed by atoms with Crippen LogP contribution >= 0.6 is 0 Å². The van der Waals surface area contributed by atoms with Crippen molar-refractivity contribution < 1.29 is 9.83 Å². The minimum Gasteiger partial charge on any atom is -0.274 e. The largest absolute Gasteiger partial charge is 0.330 e. The zero-order valence-electron chi connectivity index (χ0n) is 10.9. The molecule has 1 amide bonds. The van der Waals surface area contributed by atoms with Crippen molar-refractivity contribution in [2.75, 3.05) is 5.01 Å². The van der Waals surface area contributed by atoms with E-state index in [-0.39, 0.29) is 5.69 Å². The van der Waals surface area contributed by atoms with Crippen LogP contribution in [0.5, 0.6) is 0 Å². The van der Waals surface area contributed by atoms with Gasteiger partial charge in [0.05, 0.1) is 6.21 Å². The molecule has 0 saturated heterocycles. The number of rotatable bonds is 2. The number of hydrogen-bond donors (Lipinski definition) is 0. The van der Waals surface area contributed by atoms with E-state index in [0.717, 1.165) is 11.8 Å². The Morgan fingerprint density at radius 2 is 1.71 bits per heavy atom. The first-order valence-corrected chi connectivity index (χ1v) is 6.34. The average molecular weight is 281 g/mol. The second-order valence-electron chi connectivity index (χ2n) is 4.54. The van der Waals surface area contributed by atoms with Gasteiger partial charge in [-0.15, -0.1) is 0 Å². The highest BCUT2D eigenvalue weighted by atomic mass is 16.7. The minimum atomic E-state index is -0.758. The number of hydrazine groups is 1. The summed E-state index contributed by atoms with van der Waals surface area (Å²) in [5.41, 5.74) is 1.75. The fourth-order valence-corrected chi connectivity index (χ4v) is 2.37. The summed E-state index contributed by atoms with van der Waals surface area (Å²) >= 11 is 0. The number of nitrogens with zero attached hydrogens (tertiary/aromatic N) is 3. The summed E-state index contributed by atoms with van der Waals surface area (Å²) in [5, 5.41) is 11.0. The van der Waals surface area contributed by atoms with Crippen molar-refractivity contribution in [1.82, 2.24) is 0 Å². The van der Waals surface area contributed by atoms with Crippen LogP contribution in [-0.4, -0.2) is 17.2 Å². The number of aliphatic imine (C=N–C) groups is 1. The van der Waals surface area contributed by atoms with Gasteiger partial charge in [0.15, 0.2) is 5.03 Å². The maximum atomic E-state index is 11.9. The number of fused-ring (bicyclic) bond motifs is 1. The summed E-state index contributed by atoms with van der Waals surface area (Å²) in [6, 6.07) is 15.7. The first-order chi connectivity index (χ1) is 10.2. The highest BCUT2D eigenvalue weighted by Gasteiger charge is 2.33. The zero-order valence-corrected chi connectivity index (χ0v) is 10.9. The molecule has 2 aromatic carbocycles. The molecule has 104 valence electrons. The first-order valence-electron chi connectivity index (χ1n) is 6.34. The van der Waals surface area contributed by atoms with E-state index in [1.807, 2.05) is 30.3 Å². The van der Waals surface area contributed by atoms with Gasteiger partial charge in [-0.3, -0.25) is 9.79 Å². The average Bonchev–Trinajstić information content (AvgIpc) is 2.64. The molecule has 1 heterocycles. The number of anilines is 1. The monoisotopic (exact) mass is 281 g/mol. The standard InChI is InChI=1S/C15H11N3O3/c19-14-10-16-15(11-6-2-1-3-7-11)12-8-4-5-9-13(12)17(14)18(20)21/h1-10,15H. The second kappa shape index (κ2) is 5.16. The van der Waals surface area contributed by atoms with Crippen LogP contribution in [0.3, 0.4) is 0 Å². The number of para-hydroxylation sites is 1. The van der Waals surface area contributed by atoms with Crippen molar-refractivity contribution in [3.05, 3.63) is 75.8 Å². The molecule has 0 N–H and O–H groups in total. The molecule has 0 radical (unpaired) electrons. The number of hydrogen-bond acceptors (Lipinski definition) is 4. The van der Waals surface area contributed by atoms with Crippen molar-refractivity contribution in [1.29, 1.82) is 0 Å². The number of nitro groups is 1. The molecule has 0 saturated carbocycles. The lowest BCUT2D eigenvalue weighted by atomic mass is 9.98. The molecule has 6 heteroatoms. The Bertz CT molecular complexity index is 728. The molecular weight excluding hydrogens is 270 g/mol. The molecule has 0 aromatic heterocycles. The molecule has 1 atom stereocenters. The summed E-state index contributed by atoms with van der Waals surface area (Å²) in [5.74, 6) is -0.758. The Morgan fingerprint density at radius 1 is 1.05 bits per heavy atom. The lowest BCUT2D eigenvalue weighted by Crippen LogP contribution is -2.36. The number of amides is 1. The van der Waals surface area contributed by atoms with Crippen molar-refractivity contribution in [2.45, 2.75) is 6.04 Å². The minimum absolute atomic E-state index is 0.249. The third-order valence-electron chi connectivity index (χ3n) is 3.28. The molecular formula is C15H11N3O3. The van der Waals surface area contributed by atoms with Gasteiger partial charge in [-0.2, -0.15) is 0 Å². The molecule has 1 unspecified atom stereocenters. The second-order valence-corrected chi connectivity index (χ2v) is 4.54. The van der Waals surface area contributed by atoms with Crippen LogP contribution in [0, 0.1) is 10.1 Å². The fraction of sp³-hybridized carbons (Fsp3) is 0.0667. The van der Waals surface area contributed by atoms with Crippen LogP contribution in [0.25, 0.3) is 0 Å². The zero-order chi connectivity index (χ0) is 14.8. The van der Waals surface area contributed by atoms with Crippen LogP contribution in [0.1, 0.15) is 17.2 Å². The molecule has 6 nitrogen and oxygen atoms in total. The molecule has 3 rings (SSSR count). The maximum Gasteiger partial charge on any atom is 0.330 e. The van der Waals surface area contributed by atoms with Crippen molar-refractivity contribution >= 4 is 17.8 Å². The van der Waals surface area contributed by atoms with Gasteiger partial charge in [-0.05, 0) is 16.6 Å². The van der Waals surface area contributed by atoms with E-state index in [4.69, 9.17) is 0 Å². The molecule has 1 aliphatic heterocycles. The van der Waals surface area contributed by atoms with Crippen LogP contribution in [0.4, 0.5) is 5.69 Å². The summed E-state index contributed by atoms with van der Waals surface area (Å²) in [6.07, 6.45) is 1.01. The van der Waals surface area contributed by atoms with E-state index in [2.05, 4.69) is 4.99 Å². The van der Waals surface area contributed by atoms with Gasteiger partial charge in [-0.25, -0.2) is 10.1 Å². The summed E-state index contributed by atoms with van der Waals surface area (Å²) in [4.78, 5) is 27.3. The van der Waals surface area contributed by atoms with Crippen LogP contribution in [0.2, 0.25) is 0 Å². The maximum absolute atomic E-state index is 11.9. The number of benzene rings is 2. The summed E-state index contributed by atoms with van der Waals surface area (Å²) < 4.78 is 0. The predicted octanol–water partition coefficient (Wildman–Crippen LogP) is 2.39. The topological polar surface area (TPSA) is 75.8 Å². The smallest absolute Gasteiger partial charge is 0.274 e. The molecule has 21 heavy (non-hydrogen) atoms. The third-order valence-corrected chi connectivity index (χ3v) is 3.28. The molecule has 2 aromatic rings. The van der Waals surface area contributed by atoms with E-state index >= 15 is 0 Å². The molecule has 0 fully saturated rings. The highest BCUT2D eigenvalue weighted by molar-refractivity contribution is 6.32. The van der Waals surface area contributed by atoms with Crippen molar-refractivity contribution in [3.8, 4) is 0 Å². The van der Waals surface area contributed by atoms with E-state index in [1.165, 1.54) is 0 Å². The van der Waals surface area contributed by atoms with Gasteiger partial charge in [0, 0.05) is 5.56 Å². The highest BCUT2D eigenvalue weighted by Crippen LogP contribution is 2.35. The van der Waals surface area contributed by atoms with Gasteiger partial charge in [0.1, 0.15) is 11.7 Å². The lowest BCUT2D eigenvalue weighted by Gasteiger charge is -2.16. The molecule has 0 spiro atoms. The van der Waals surface area contributed by atoms with Crippen molar-refractivity contribution in [2.24, 2.45) is 4.99 Å². The first kappa shape index (κ1) is 13.0. The van der Waals surface area contributed by atoms with E-state index in [0.29, 0.717) is 10.6 Å². The Morgan fingerprint density at radius 3 is 2.43 bits per heavy atom. The van der Waals surface area contributed by atoms with Crippen LogP contribution in [0.15, 0.2) is 59.6 Å².